The number of fused-ring (bicyclic) bond motifs is 1. The molecule has 0 saturated heterocycles. The van der Waals surface area contributed by atoms with Crippen LogP contribution in [-0.2, 0) is 13.6 Å². The van der Waals surface area contributed by atoms with E-state index in [0.29, 0.717) is 37.7 Å². The number of aryl methyl sites for hydroxylation is 1. The summed E-state index contributed by atoms with van der Waals surface area (Å²) >= 11 is 0. The fraction of sp³-hybridized carbons (Fsp3) is 0.550. The number of ether oxygens (including phenoxy) is 2. The van der Waals surface area contributed by atoms with Gasteiger partial charge in [0.2, 0.25) is 0 Å². The normalized spacial score (nSPS) is 18.4. The van der Waals surface area contributed by atoms with Crippen LogP contribution in [0.5, 0.6) is 11.5 Å². The number of halogens is 3. The second-order valence-corrected chi connectivity index (χ2v) is 7.62. The van der Waals surface area contributed by atoms with Gasteiger partial charge in [0.1, 0.15) is 0 Å². The molecule has 1 aliphatic heterocycles. The van der Waals surface area contributed by atoms with Crippen LogP contribution in [0, 0.1) is 5.41 Å². The van der Waals surface area contributed by atoms with E-state index in [9.17, 15) is 13.2 Å². The van der Waals surface area contributed by atoms with Crippen molar-refractivity contribution in [3.8, 4) is 22.8 Å². The maximum Gasteiger partial charge on any atom is 0.395 e. The Labute approximate surface area is 161 Å². The number of nitrogens with one attached hydrogen (secondary N) is 1. The molecule has 1 aliphatic carbocycles. The van der Waals surface area contributed by atoms with E-state index in [4.69, 9.17) is 9.47 Å². The second-order valence-electron chi connectivity index (χ2n) is 7.62. The van der Waals surface area contributed by atoms with Crippen molar-refractivity contribution in [1.29, 1.82) is 0 Å². The van der Waals surface area contributed by atoms with E-state index in [1.807, 2.05) is 24.4 Å². The lowest BCUT2D eigenvalue weighted by Crippen LogP contribution is -2.50. The third kappa shape index (κ3) is 3.57. The van der Waals surface area contributed by atoms with E-state index >= 15 is 0 Å². The molecule has 0 radical (unpaired) electrons. The van der Waals surface area contributed by atoms with E-state index in [2.05, 4.69) is 10.4 Å². The van der Waals surface area contributed by atoms with Crippen LogP contribution in [0.15, 0.2) is 24.4 Å². The highest BCUT2D eigenvalue weighted by molar-refractivity contribution is 5.66. The van der Waals surface area contributed by atoms with Crippen LogP contribution in [0.3, 0.4) is 0 Å². The quantitative estimate of drug-likeness (QED) is 0.829. The molecule has 2 aliphatic rings. The fourth-order valence-corrected chi connectivity index (χ4v) is 3.82. The summed E-state index contributed by atoms with van der Waals surface area (Å²) in [6.07, 6.45) is -0.464. The maximum atomic E-state index is 13.3. The molecule has 0 bridgehead atoms. The Morgan fingerprint density at radius 3 is 2.57 bits per heavy atom. The zero-order valence-electron chi connectivity index (χ0n) is 15.8. The first-order chi connectivity index (χ1) is 13.4. The first kappa shape index (κ1) is 19.1. The highest BCUT2D eigenvalue weighted by Crippen LogP contribution is 2.52. The van der Waals surface area contributed by atoms with Crippen LogP contribution in [0.25, 0.3) is 11.3 Å². The Kier molecular flexibility index (Phi) is 4.99. The number of nitrogens with zero attached hydrogens (tertiary/aromatic N) is 2. The molecule has 0 spiro atoms. The average molecular weight is 395 g/mol. The second kappa shape index (κ2) is 7.31. The molecule has 5 nitrogen and oxygen atoms in total. The first-order valence-electron chi connectivity index (χ1n) is 9.58. The Morgan fingerprint density at radius 1 is 1.14 bits per heavy atom. The summed E-state index contributed by atoms with van der Waals surface area (Å²) in [6.45, 7) is 1.47. The summed E-state index contributed by atoms with van der Waals surface area (Å²) in [7, 11) is 1.80. The molecule has 152 valence electrons. The minimum atomic E-state index is -4.16. The Bertz CT molecular complexity index is 844. The van der Waals surface area contributed by atoms with Gasteiger partial charge in [0.05, 0.1) is 24.3 Å². The van der Waals surface area contributed by atoms with Gasteiger partial charge in [-0.1, -0.05) is 6.42 Å². The smallest absolute Gasteiger partial charge is 0.395 e. The Hall–Kier alpha value is -2.22. The van der Waals surface area contributed by atoms with Crippen molar-refractivity contribution in [3.05, 3.63) is 30.0 Å². The van der Waals surface area contributed by atoms with Gasteiger partial charge in [-0.3, -0.25) is 4.68 Å². The summed E-state index contributed by atoms with van der Waals surface area (Å²) < 4.78 is 53.1. The van der Waals surface area contributed by atoms with Crippen LogP contribution in [-0.4, -0.2) is 35.7 Å². The largest absolute Gasteiger partial charge is 0.490 e. The van der Waals surface area contributed by atoms with Gasteiger partial charge in [0, 0.05) is 43.9 Å². The summed E-state index contributed by atoms with van der Waals surface area (Å²) in [6, 6.07) is 5.65. The molecule has 2 aromatic rings. The summed E-state index contributed by atoms with van der Waals surface area (Å²) in [5, 5.41) is 7.53. The predicted octanol–water partition coefficient (Wildman–Crippen LogP) is 4.07. The molecule has 1 N–H and O–H groups in total. The van der Waals surface area contributed by atoms with Crippen LogP contribution < -0.4 is 14.8 Å². The topological polar surface area (TPSA) is 48.3 Å². The van der Waals surface area contributed by atoms with Crippen LogP contribution in [0.1, 0.15) is 31.2 Å². The molecule has 1 saturated carbocycles. The molecule has 28 heavy (non-hydrogen) atoms. The van der Waals surface area contributed by atoms with E-state index < -0.39 is 11.6 Å². The van der Waals surface area contributed by atoms with Gasteiger partial charge in [-0.2, -0.15) is 18.3 Å². The zero-order valence-corrected chi connectivity index (χ0v) is 15.8. The Morgan fingerprint density at radius 2 is 1.89 bits per heavy atom. The van der Waals surface area contributed by atoms with Gasteiger partial charge in [-0.15, -0.1) is 0 Å². The zero-order chi connectivity index (χ0) is 19.8. The van der Waals surface area contributed by atoms with Gasteiger partial charge >= 0.3 is 6.18 Å². The molecular formula is C20H24F3N3O2. The predicted molar refractivity (Wildman–Crippen MR) is 98.3 cm³/mol. The number of hydrogen-bond donors (Lipinski definition) is 1. The molecular weight excluding hydrogens is 371 g/mol. The summed E-state index contributed by atoms with van der Waals surface area (Å²) in [5.41, 5.74) is 0.870. The van der Waals surface area contributed by atoms with Crippen LogP contribution in [0.2, 0.25) is 0 Å². The number of aromatic nitrogens is 2. The lowest BCUT2D eigenvalue weighted by atomic mass is 9.68. The molecule has 4 rings (SSSR count). The van der Waals surface area contributed by atoms with Crippen LogP contribution in [0.4, 0.5) is 13.2 Å². The molecule has 0 atom stereocenters. The van der Waals surface area contributed by atoms with Gasteiger partial charge in [0.15, 0.2) is 11.5 Å². The van der Waals surface area contributed by atoms with Crippen molar-refractivity contribution in [2.45, 2.75) is 38.4 Å². The van der Waals surface area contributed by atoms with Gasteiger partial charge < -0.3 is 14.8 Å². The first-order valence-corrected chi connectivity index (χ1v) is 9.58. The number of hydrogen-bond acceptors (Lipinski definition) is 4. The van der Waals surface area contributed by atoms with Gasteiger partial charge in [-0.05, 0) is 31.0 Å². The lowest BCUT2D eigenvalue weighted by Gasteiger charge is -2.43. The standard InChI is InChI=1S/C20H24F3N3O2/c1-26-12-15(11-24-13-19(6-2-7-19)20(21,22)23)18(25-26)14-4-5-16-17(10-14)28-9-3-8-27-16/h4-5,10,12,24H,2-3,6-9,11,13H2,1H3. The third-order valence-corrected chi connectivity index (χ3v) is 5.62. The van der Waals surface area contributed by atoms with E-state index in [1.165, 1.54) is 0 Å². The molecule has 1 aromatic carbocycles. The molecule has 0 unspecified atom stereocenters. The SMILES string of the molecule is Cn1cc(CNCC2(C(F)(F)F)CCC2)c(-c2ccc3c(c2)OCCCO3)n1. The van der Waals surface area contributed by atoms with Crippen molar-refractivity contribution < 1.29 is 22.6 Å². The van der Waals surface area contributed by atoms with Crippen molar-refractivity contribution in [2.75, 3.05) is 19.8 Å². The van der Waals surface area contributed by atoms with Crippen molar-refractivity contribution >= 4 is 0 Å². The Balaban J connectivity index is 1.51. The highest BCUT2D eigenvalue weighted by atomic mass is 19.4. The van der Waals surface area contributed by atoms with Gasteiger partial charge in [-0.25, -0.2) is 0 Å². The van der Waals surface area contributed by atoms with Crippen molar-refractivity contribution in [2.24, 2.45) is 12.5 Å². The summed E-state index contributed by atoms with van der Waals surface area (Å²) in [5.74, 6) is 1.37. The molecule has 2 heterocycles. The molecule has 1 aromatic heterocycles. The number of benzene rings is 1. The summed E-state index contributed by atoms with van der Waals surface area (Å²) in [4.78, 5) is 0. The molecule has 1 fully saturated rings. The van der Waals surface area contributed by atoms with Crippen molar-refractivity contribution in [1.82, 2.24) is 15.1 Å². The molecule has 0 amide bonds. The lowest BCUT2D eigenvalue weighted by molar-refractivity contribution is -0.248. The van der Waals surface area contributed by atoms with E-state index in [0.717, 1.165) is 23.2 Å². The number of alkyl halides is 3. The average Bonchev–Trinajstić information content (AvgIpc) is 2.82. The monoisotopic (exact) mass is 395 g/mol. The minimum absolute atomic E-state index is 0.0635. The minimum Gasteiger partial charge on any atom is -0.490 e. The number of rotatable bonds is 5. The van der Waals surface area contributed by atoms with E-state index in [-0.39, 0.29) is 19.4 Å². The van der Waals surface area contributed by atoms with Gasteiger partial charge in [0.25, 0.3) is 0 Å². The van der Waals surface area contributed by atoms with E-state index in [1.54, 1.807) is 11.7 Å². The van der Waals surface area contributed by atoms with Crippen molar-refractivity contribution in [3.63, 3.8) is 0 Å². The maximum absolute atomic E-state index is 13.3. The molecule has 8 heteroatoms. The van der Waals surface area contributed by atoms with Crippen LogP contribution >= 0.6 is 0 Å². The highest BCUT2D eigenvalue weighted by Gasteiger charge is 2.57. The fourth-order valence-electron chi connectivity index (χ4n) is 3.82. The third-order valence-electron chi connectivity index (χ3n) is 5.62.